The van der Waals surface area contributed by atoms with Crippen molar-refractivity contribution >= 4 is 23.4 Å². The second-order valence-corrected chi connectivity index (χ2v) is 5.08. The lowest BCUT2D eigenvalue weighted by Gasteiger charge is -2.10. The molecule has 0 radical (unpaired) electrons. The number of rotatable bonds is 4. The van der Waals surface area contributed by atoms with Crippen LogP contribution >= 0.6 is 11.6 Å². The number of hydrazine groups is 1. The van der Waals surface area contributed by atoms with Crippen LogP contribution in [0.2, 0.25) is 5.02 Å². The van der Waals surface area contributed by atoms with Gasteiger partial charge in [-0.2, -0.15) is 0 Å². The highest BCUT2D eigenvalue weighted by Gasteiger charge is 2.11. The van der Waals surface area contributed by atoms with E-state index in [1.54, 1.807) is 18.2 Å². The van der Waals surface area contributed by atoms with Crippen LogP contribution in [0.5, 0.6) is 5.75 Å². The van der Waals surface area contributed by atoms with Gasteiger partial charge in [0.15, 0.2) is 0 Å². The molecule has 0 fully saturated rings. The van der Waals surface area contributed by atoms with Gasteiger partial charge in [0, 0.05) is 16.1 Å². The molecule has 2 amide bonds. The van der Waals surface area contributed by atoms with Gasteiger partial charge in [0.05, 0.1) is 13.5 Å². The fourth-order valence-electron chi connectivity index (χ4n) is 1.90. The van der Waals surface area contributed by atoms with E-state index in [2.05, 4.69) is 10.9 Å². The van der Waals surface area contributed by atoms with E-state index in [9.17, 15) is 14.0 Å². The summed E-state index contributed by atoms with van der Waals surface area (Å²) in [5.74, 6) is -0.912. The maximum atomic E-state index is 12.8. The molecule has 0 aliphatic heterocycles. The Balaban J connectivity index is 1.94. The molecule has 2 rings (SSSR count). The van der Waals surface area contributed by atoms with Crippen LogP contribution in [0, 0.1) is 5.82 Å². The molecule has 5 nitrogen and oxygen atoms in total. The van der Waals surface area contributed by atoms with E-state index in [1.807, 2.05) is 0 Å². The van der Waals surface area contributed by atoms with Crippen LogP contribution < -0.4 is 15.6 Å². The van der Waals surface area contributed by atoms with Crippen molar-refractivity contribution in [1.82, 2.24) is 10.9 Å². The highest BCUT2D eigenvalue weighted by Crippen LogP contribution is 2.22. The number of halogens is 2. The summed E-state index contributed by atoms with van der Waals surface area (Å²) < 4.78 is 17.9. The molecule has 0 atom stereocenters. The largest absolute Gasteiger partial charge is 0.496 e. The molecule has 2 aromatic rings. The van der Waals surface area contributed by atoms with Gasteiger partial charge in [-0.3, -0.25) is 20.4 Å². The van der Waals surface area contributed by atoms with Crippen LogP contribution in [0.3, 0.4) is 0 Å². The third-order valence-corrected chi connectivity index (χ3v) is 3.25. The smallest absolute Gasteiger partial charge is 0.269 e. The number of nitrogens with one attached hydrogen (secondary N) is 2. The summed E-state index contributed by atoms with van der Waals surface area (Å²) in [6, 6.07) is 9.87. The zero-order chi connectivity index (χ0) is 16.8. The van der Waals surface area contributed by atoms with Gasteiger partial charge in [0.1, 0.15) is 11.6 Å². The van der Waals surface area contributed by atoms with E-state index in [4.69, 9.17) is 16.3 Å². The van der Waals surface area contributed by atoms with Gasteiger partial charge >= 0.3 is 0 Å². The number of carbonyl (C=O) groups is 2. The molecule has 23 heavy (non-hydrogen) atoms. The second kappa shape index (κ2) is 7.60. The van der Waals surface area contributed by atoms with E-state index in [-0.39, 0.29) is 12.0 Å². The van der Waals surface area contributed by atoms with Gasteiger partial charge in [0.2, 0.25) is 5.91 Å². The van der Waals surface area contributed by atoms with Crippen molar-refractivity contribution in [2.24, 2.45) is 0 Å². The van der Waals surface area contributed by atoms with Crippen LogP contribution in [-0.2, 0) is 11.2 Å². The van der Waals surface area contributed by atoms with Gasteiger partial charge in [-0.1, -0.05) is 11.6 Å². The molecule has 0 heterocycles. The SMILES string of the molecule is COc1ccc(Cl)cc1CC(=O)NNC(=O)c1ccc(F)cc1. The summed E-state index contributed by atoms with van der Waals surface area (Å²) in [6.07, 6.45) is -0.0204. The van der Waals surface area contributed by atoms with Gasteiger partial charge in [-0.05, 0) is 42.5 Å². The van der Waals surface area contributed by atoms with Crippen LogP contribution in [0.4, 0.5) is 4.39 Å². The molecule has 0 aliphatic rings. The Labute approximate surface area is 137 Å². The van der Waals surface area contributed by atoms with E-state index in [0.717, 1.165) is 12.1 Å². The maximum absolute atomic E-state index is 12.8. The van der Waals surface area contributed by atoms with Crippen molar-refractivity contribution in [3.63, 3.8) is 0 Å². The van der Waals surface area contributed by atoms with E-state index < -0.39 is 17.6 Å². The minimum Gasteiger partial charge on any atom is -0.496 e. The van der Waals surface area contributed by atoms with Crippen molar-refractivity contribution in [3.05, 3.63) is 64.4 Å². The third kappa shape index (κ3) is 4.69. The molecular weight excluding hydrogens is 323 g/mol. The van der Waals surface area contributed by atoms with Gasteiger partial charge in [-0.25, -0.2) is 4.39 Å². The van der Waals surface area contributed by atoms with Gasteiger partial charge < -0.3 is 4.74 Å². The van der Waals surface area contributed by atoms with Gasteiger partial charge in [-0.15, -0.1) is 0 Å². The Kier molecular flexibility index (Phi) is 5.54. The Morgan fingerprint density at radius 3 is 2.48 bits per heavy atom. The van der Waals surface area contributed by atoms with Crippen molar-refractivity contribution < 1.29 is 18.7 Å². The lowest BCUT2D eigenvalue weighted by atomic mass is 10.1. The lowest BCUT2D eigenvalue weighted by Crippen LogP contribution is -2.42. The Morgan fingerprint density at radius 2 is 1.83 bits per heavy atom. The number of methoxy groups -OCH3 is 1. The molecule has 0 spiro atoms. The highest BCUT2D eigenvalue weighted by molar-refractivity contribution is 6.30. The molecule has 7 heteroatoms. The first-order valence-corrected chi connectivity index (χ1v) is 7.04. The minimum atomic E-state index is -0.545. The summed E-state index contributed by atoms with van der Waals surface area (Å²) in [4.78, 5) is 23.7. The normalized spacial score (nSPS) is 10.0. The highest BCUT2D eigenvalue weighted by atomic mass is 35.5. The van der Waals surface area contributed by atoms with E-state index >= 15 is 0 Å². The fourth-order valence-corrected chi connectivity index (χ4v) is 2.10. The topological polar surface area (TPSA) is 67.4 Å². The molecule has 2 aromatic carbocycles. The Bertz CT molecular complexity index is 720. The molecule has 2 N–H and O–H groups in total. The average molecular weight is 337 g/mol. The number of amides is 2. The zero-order valence-corrected chi connectivity index (χ0v) is 13.0. The van der Waals surface area contributed by atoms with E-state index in [0.29, 0.717) is 16.3 Å². The molecule has 0 bridgehead atoms. The van der Waals surface area contributed by atoms with Crippen molar-refractivity contribution in [2.45, 2.75) is 6.42 Å². The number of carbonyl (C=O) groups excluding carboxylic acids is 2. The Morgan fingerprint density at radius 1 is 1.13 bits per heavy atom. The zero-order valence-electron chi connectivity index (χ0n) is 12.2. The standard InChI is InChI=1S/C16H14ClFN2O3/c1-23-14-7-4-12(17)8-11(14)9-15(21)19-20-16(22)10-2-5-13(18)6-3-10/h2-8H,9H2,1H3,(H,19,21)(H,20,22). The average Bonchev–Trinajstić information content (AvgIpc) is 2.53. The van der Waals surface area contributed by atoms with Crippen molar-refractivity contribution in [2.75, 3.05) is 7.11 Å². The molecule has 0 unspecified atom stereocenters. The monoisotopic (exact) mass is 336 g/mol. The molecule has 0 saturated carbocycles. The van der Waals surface area contributed by atoms with Crippen LogP contribution in [0.1, 0.15) is 15.9 Å². The van der Waals surface area contributed by atoms with Crippen molar-refractivity contribution in [1.29, 1.82) is 0 Å². The Hall–Kier alpha value is -2.60. The first kappa shape index (κ1) is 16.8. The molecule has 0 saturated heterocycles. The van der Waals surface area contributed by atoms with Crippen LogP contribution in [-0.4, -0.2) is 18.9 Å². The van der Waals surface area contributed by atoms with Gasteiger partial charge in [0.25, 0.3) is 5.91 Å². The fraction of sp³-hybridized carbons (Fsp3) is 0.125. The number of hydrogen-bond donors (Lipinski definition) is 2. The van der Waals surface area contributed by atoms with E-state index in [1.165, 1.54) is 19.2 Å². The molecule has 0 aliphatic carbocycles. The van der Waals surface area contributed by atoms with Crippen molar-refractivity contribution in [3.8, 4) is 5.75 Å². The summed E-state index contributed by atoms with van der Waals surface area (Å²) >= 11 is 5.89. The predicted octanol–water partition coefficient (Wildman–Crippen LogP) is 2.49. The summed E-state index contributed by atoms with van der Waals surface area (Å²) in [6.45, 7) is 0. The van der Waals surface area contributed by atoms with Crippen LogP contribution in [0.25, 0.3) is 0 Å². The lowest BCUT2D eigenvalue weighted by molar-refractivity contribution is -0.121. The maximum Gasteiger partial charge on any atom is 0.269 e. The summed E-state index contributed by atoms with van der Waals surface area (Å²) in [5, 5.41) is 0.476. The molecular formula is C16H14ClFN2O3. The van der Waals surface area contributed by atoms with Crippen LogP contribution in [0.15, 0.2) is 42.5 Å². The molecule has 0 aromatic heterocycles. The first-order valence-electron chi connectivity index (χ1n) is 6.67. The summed E-state index contributed by atoms with van der Waals surface area (Å²) in [5.41, 5.74) is 5.36. The third-order valence-electron chi connectivity index (χ3n) is 3.02. The molecule has 120 valence electrons. The number of ether oxygens (including phenoxy) is 1. The minimum absolute atomic E-state index is 0.0204. The number of hydrogen-bond acceptors (Lipinski definition) is 3. The summed E-state index contributed by atoms with van der Waals surface area (Å²) in [7, 11) is 1.49. The predicted molar refractivity (Wildman–Crippen MR) is 83.7 cm³/mol. The second-order valence-electron chi connectivity index (χ2n) is 4.64. The number of benzene rings is 2. The first-order chi connectivity index (χ1) is 11.0. The quantitative estimate of drug-likeness (QED) is 0.843.